The standard InChI is InChI=1S/C16H12FNO2S/c1-21(19)14-8-4-11(5-9-14)15-10-18-20-16(15)12-2-6-13(17)7-3-12/h2-10H,1H3. The summed E-state index contributed by atoms with van der Waals surface area (Å²) in [4.78, 5) is 0.763. The van der Waals surface area contributed by atoms with Gasteiger partial charge in [-0.05, 0) is 42.0 Å². The largest absolute Gasteiger partial charge is 0.356 e. The Labute approximate surface area is 123 Å². The molecule has 0 N–H and O–H groups in total. The number of benzene rings is 2. The molecule has 0 aliphatic rings. The highest BCUT2D eigenvalue weighted by Crippen LogP contribution is 2.32. The van der Waals surface area contributed by atoms with Crippen LogP contribution in [0.2, 0.25) is 0 Å². The van der Waals surface area contributed by atoms with Crippen LogP contribution in [0.4, 0.5) is 4.39 Å². The van der Waals surface area contributed by atoms with E-state index in [-0.39, 0.29) is 5.82 Å². The summed E-state index contributed by atoms with van der Waals surface area (Å²) in [6.07, 6.45) is 3.26. The molecule has 3 rings (SSSR count). The smallest absolute Gasteiger partial charge is 0.174 e. The Kier molecular flexibility index (Phi) is 3.66. The molecule has 0 radical (unpaired) electrons. The number of aromatic nitrogens is 1. The van der Waals surface area contributed by atoms with Crippen LogP contribution in [0.5, 0.6) is 0 Å². The van der Waals surface area contributed by atoms with Crippen molar-refractivity contribution in [2.24, 2.45) is 0 Å². The van der Waals surface area contributed by atoms with Crippen molar-refractivity contribution in [2.45, 2.75) is 4.90 Å². The third kappa shape index (κ3) is 2.78. The summed E-state index contributed by atoms with van der Waals surface area (Å²) in [6.45, 7) is 0. The van der Waals surface area contributed by atoms with Crippen molar-refractivity contribution >= 4 is 10.8 Å². The van der Waals surface area contributed by atoms with E-state index in [1.54, 1.807) is 24.6 Å². The van der Waals surface area contributed by atoms with E-state index in [9.17, 15) is 8.60 Å². The van der Waals surface area contributed by atoms with Crippen LogP contribution in [0.25, 0.3) is 22.5 Å². The SMILES string of the molecule is CS(=O)c1ccc(-c2cnoc2-c2ccc(F)cc2)cc1. The molecule has 1 atom stereocenters. The van der Waals surface area contributed by atoms with E-state index in [0.29, 0.717) is 5.76 Å². The van der Waals surface area contributed by atoms with Crippen molar-refractivity contribution in [3.63, 3.8) is 0 Å². The highest BCUT2D eigenvalue weighted by molar-refractivity contribution is 7.84. The second kappa shape index (κ2) is 5.61. The van der Waals surface area contributed by atoms with Gasteiger partial charge in [-0.3, -0.25) is 4.21 Å². The molecule has 1 heterocycles. The Hall–Kier alpha value is -2.27. The Balaban J connectivity index is 2.02. The Morgan fingerprint density at radius 1 is 1.00 bits per heavy atom. The zero-order valence-electron chi connectivity index (χ0n) is 11.2. The van der Waals surface area contributed by atoms with Gasteiger partial charge in [0.15, 0.2) is 5.76 Å². The summed E-state index contributed by atoms with van der Waals surface area (Å²) in [7, 11) is -1.01. The molecule has 106 valence electrons. The molecule has 0 spiro atoms. The lowest BCUT2D eigenvalue weighted by Gasteiger charge is -2.03. The van der Waals surface area contributed by atoms with Gasteiger partial charge in [0.25, 0.3) is 0 Å². The minimum Gasteiger partial charge on any atom is -0.356 e. The van der Waals surface area contributed by atoms with Crippen molar-refractivity contribution in [3.8, 4) is 22.5 Å². The summed E-state index contributed by atoms with van der Waals surface area (Å²) >= 11 is 0. The van der Waals surface area contributed by atoms with Crippen LogP contribution in [0, 0.1) is 5.82 Å². The van der Waals surface area contributed by atoms with Crippen LogP contribution in [0.1, 0.15) is 0 Å². The molecule has 0 fully saturated rings. The van der Waals surface area contributed by atoms with Crippen molar-refractivity contribution < 1.29 is 13.1 Å². The summed E-state index contributed by atoms with van der Waals surface area (Å²) in [6, 6.07) is 13.4. The number of rotatable bonds is 3. The second-order valence-electron chi connectivity index (χ2n) is 4.55. The summed E-state index contributed by atoms with van der Waals surface area (Å²) in [5.41, 5.74) is 2.48. The van der Waals surface area contributed by atoms with Gasteiger partial charge in [-0.1, -0.05) is 17.3 Å². The Morgan fingerprint density at radius 3 is 2.24 bits per heavy atom. The van der Waals surface area contributed by atoms with Gasteiger partial charge in [-0.25, -0.2) is 4.39 Å². The molecule has 0 amide bonds. The van der Waals surface area contributed by atoms with Crippen molar-refractivity contribution in [3.05, 3.63) is 60.5 Å². The van der Waals surface area contributed by atoms with Gasteiger partial charge in [-0.2, -0.15) is 0 Å². The summed E-state index contributed by atoms with van der Waals surface area (Å²) in [5, 5.41) is 3.83. The van der Waals surface area contributed by atoms with Gasteiger partial charge >= 0.3 is 0 Å². The molecule has 1 aromatic heterocycles. The molecular weight excluding hydrogens is 289 g/mol. The summed E-state index contributed by atoms with van der Waals surface area (Å²) < 4.78 is 29.7. The van der Waals surface area contributed by atoms with Gasteiger partial charge < -0.3 is 4.52 Å². The van der Waals surface area contributed by atoms with Crippen molar-refractivity contribution in [1.82, 2.24) is 5.16 Å². The highest BCUT2D eigenvalue weighted by Gasteiger charge is 2.13. The van der Waals surface area contributed by atoms with Gasteiger partial charge in [0.1, 0.15) is 5.82 Å². The Bertz CT molecular complexity index is 779. The average Bonchev–Trinajstić information content (AvgIpc) is 2.97. The molecule has 0 saturated carbocycles. The van der Waals surface area contributed by atoms with Gasteiger partial charge in [-0.15, -0.1) is 0 Å². The maximum Gasteiger partial charge on any atom is 0.174 e. The fourth-order valence-electron chi connectivity index (χ4n) is 2.08. The van der Waals surface area contributed by atoms with E-state index < -0.39 is 10.8 Å². The molecule has 5 heteroatoms. The molecule has 2 aromatic carbocycles. The molecule has 0 aliphatic heterocycles. The first kappa shape index (κ1) is 13.7. The van der Waals surface area contributed by atoms with E-state index >= 15 is 0 Å². The van der Waals surface area contributed by atoms with Crippen molar-refractivity contribution in [2.75, 3.05) is 6.26 Å². The fraction of sp³-hybridized carbons (Fsp3) is 0.0625. The van der Waals surface area contributed by atoms with Crippen molar-refractivity contribution in [1.29, 1.82) is 0 Å². The molecule has 21 heavy (non-hydrogen) atoms. The molecule has 0 bridgehead atoms. The molecule has 0 saturated heterocycles. The van der Waals surface area contributed by atoms with Gasteiger partial charge in [0.2, 0.25) is 0 Å². The normalized spacial score (nSPS) is 12.3. The lowest BCUT2D eigenvalue weighted by atomic mass is 10.0. The van der Waals surface area contributed by atoms with Gasteiger partial charge in [0, 0.05) is 33.1 Å². The van der Waals surface area contributed by atoms with E-state index in [2.05, 4.69) is 5.16 Å². The van der Waals surface area contributed by atoms with Gasteiger partial charge in [0.05, 0.1) is 6.20 Å². The van der Waals surface area contributed by atoms with Crippen LogP contribution in [0.3, 0.4) is 0 Å². The van der Waals surface area contributed by atoms with Crippen LogP contribution in [0.15, 0.2) is 64.1 Å². The quantitative estimate of drug-likeness (QED) is 0.737. The maximum atomic E-state index is 13.0. The van der Waals surface area contributed by atoms with E-state index in [0.717, 1.165) is 21.6 Å². The predicted molar refractivity (Wildman–Crippen MR) is 79.7 cm³/mol. The third-order valence-electron chi connectivity index (χ3n) is 3.17. The van der Waals surface area contributed by atoms with E-state index in [1.807, 2.05) is 24.3 Å². The Morgan fingerprint density at radius 2 is 1.62 bits per heavy atom. The average molecular weight is 301 g/mol. The number of hydrogen-bond acceptors (Lipinski definition) is 3. The van der Waals surface area contributed by atoms with Crippen LogP contribution in [-0.2, 0) is 10.8 Å². The molecular formula is C16H12FNO2S. The minimum absolute atomic E-state index is 0.297. The molecule has 1 unspecified atom stereocenters. The lowest BCUT2D eigenvalue weighted by molar-refractivity contribution is 0.432. The monoisotopic (exact) mass is 301 g/mol. The first-order valence-electron chi connectivity index (χ1n) is 6.29. The molecule has 3 nitrogen and oxygen atoms in total. The maximum absolute atomic E-state index is 13.0. The first-order valence-corrected chi connectivity index (χ1v) is 7.85. The molecule has 3 aromatic rings. The van der Waals surface area contributed by atoms with Crippen LogP contribution in [-0.4, -0.2) is 15.6 Å². The zero-order valence-corrected chi connectivity index (χ0v) is 12.1. The molecule has 0 aliphatic carbocycles. The fourth-order valence-corrected chi connectivity index (χ4v) is 2.60. The first-order chi connectivity index (χ1) is 10.1. The number of hydrogen-bond donors (Lipinski definition) is 0. The number of halogens is 1. The van der Waals surface area contributed by atoms with E-state index in [4.69, 9.17) is 4.52 Å². The second-order valence-corrected chi connectivity index (χ2v) is 5.93. The van der Waals surface area contributed by atoms with E-state index in [1.165, 1.54) is 12.1 Å². The third-order valence-corrected chi connectivity index (χ3v) is 4.11. The number of nitrogens with zero attached hydrogens (tertiary/aromatic N) is 1. The topological polar surface area (TPSA) is 43.1 Å². The predicted octanol–water partition coefficient (Wildman–Crippen LogP) is 3.89. The minimum atomic E-state index is -1.01. The highest BCUT2D eigenvalue weighted by atomic mass is 32.2. The van der Waals surface area contributed by atoms with Crippen LogP contribution < -0.4 is 0 Å². The zero-order chi connectivity index (χ0) is 14.8. The lowest BCUT2D eigenvalue weighted by Crippen LogP contribution is -1.87. The summed E-state index contributed by atoms with van der Waals surface area (Å²) in [5.74, 6) is 0.287. The van der Waals surface area contributed by atoms with Crippen LogP contribution >= 0.6 is 0 Å².